The molecule has 11 heteroatoms. The summed E-state index contributed by atoms with van der Waals surface area (Å²) >= 11 is 0. The first-order valence-corrected chi connectivity index (χ1v) is 12.1. The van der Waals surface area contributed by atoms with E-state index in [9.17, 15) is 13.6 Å². The van der Waals surface area contributed by atoms with Crippen molar-refractivity contribution in [2.45, 2.75) is 32.4 Å². The molecule has 0 N–H and O–H groups in total. The number of rotatable bonds is 6. The second-order valence-electron chi connectivity index (χ2n) is 9.67. The molecule has 1 saturated heterocycles. The van der Waals surface area contributed by atoms with Crippen LogP contribution in [0, 0.1) is 5.41 Å². The molecule has 0 amide bonds. The summed E-state index contributed by atoms with van der Waals surface area (Å²) in [6, 6.07) is 12.2. The number of hydrogen-bond acceptors (Lipinski definition) is 7. The highest BCUT2D eigenvalue weighted by molar-refractivity contribution is 5.84. The van der Waals surface area contributed by atoms with E-state index in [2.05, 4.69) is 19.6 Å². The second kappa shape index (κ2) is 10.2. The number of nitrogens with zero attached hydrogens (tertiary/aromatic N) is 5. The Morgan fingerprint density at radius 2 is 1.74 bits per heavy atom. The SMILES string of the molecule is Cn1c(=O)c2ccc(-c3cnc(N4CC5(CCC5)C4)nc3)cc2n1Cc1ccccc1OC(F)F.O=C=O. The van der Waals surface area contributed by atoms with E-state index in [1.54, 1.807) is 36.0 Å². The molecular weight excluding hydrogens is 496 g/mol. The van der Waals surface area contributed by atoms with Crippen molar-refractivity contribution >= 4 is 23.0 Å². The fourth-order valence-corrected chi connectivity index (χ4v) is 5.28. The quantitative estimate of drug-likeness (QED) is 0.380. The molecule has 2 aromatic heterocycles. The highest BCUT2D eigenvalue weighted by Crippen LogP contribution is 2.48. The van der Waals surface area contributed by atoms with E-state index in [0.29, 0.717) is 21.9 Å². The van der Waals surface area contributed by atoms with Gasteiger partial charge in [-0.1, -0.05) is 30.7 Å². The van der Waals surface area contributed by atoms with Gasteiger partial charge < -0.3 is 9.64 Å². The Balaban J connectivity index is 0.000000937. The van der Waals surface area contributed by atoms with Crippen LogP contribution < -0.4 is 15.2 Å². The predicted octanol–water partition coefficient (Wildman–Crippen LogP) is 3.85. The lowest BCUT2D eigenvalue weighted by molar-refractivity contribution is -0.191. The lowest BCUT2D eigenvalue weighted by atomic mass is 9.64. The van der Waals surface area contributed by atoms with Crippen molar-refractivity contribution in [3.8, 4) is 16.9 Å². The predicted molar refractivity (Wildman–Crippen MR) is 134 cm³/mol. The molecule has 9 nitrogen and oxygen atoms in total. The molecule has 0 bridgehead atoms. The molecule has 0 atom stereocenters. The van der Waals surface area contributed by atoms with Gasteiger partial charge in [0.1, 0.15) is 5.75 Å². The van der Waals surface area contributed by atoms with E-state index in [-0.39, 0.29) is 24.0 Å². The number of hydrogen-bond donors (Lipinski definition) is 0. The minimum absolute atomic E-state index is 0.0895. The largest absolute Gasteiger partial charge is 0.434 e. The molecule has 196 valence electrons. The average Bonchev–Trinajstić information content (AvgIpc) is 3.08. The van der Waals surface area contributed by atoms with Crippen molar-refractivity contribution in [3.63, 3.8) is 0 Å². The standard InChI is InChI=1S/C26H25F2N5O2.CO2/c1-31-23(34)20-8-7-17(19-12-29-25(30-13-19)32-15-26(16-32)9-4-10-26)11-21(20)33(31)14-18-5-2-3-6-22(18)35-24(27)28;2-1-3/h2-3,5-8,11-13,24H,4,9-10,14-16H2,1H3;. The van der Waals surface area contributed by atoms with Crippen LogP contribution in [0.15, 0.2) is 59.7 Å². The summed E-state index contributed by atoms with van der Waals surface area (Å²) in [4.78, 5) is 40.5. The summed E-state index contributed by atoms with van der Waals surface area (Å²) in [5, 5.41) is 0.549. The van der Waals surface area contributed by atoms with Crippen molar-refractivity contribution < 1.29 is 23.1 Å². The minimum atomic E-state index is -2.92. The molecule has 1 aliphatic carbocycles. The molecule has 2 aliphatic rings. The maximum atomic E-state index is 12.9. The van der Waals surface area contributed by atoms with E-state index in [1.165, 1.54) is 30.0 Å². The van der Waals surface area contributed by atoms with Crippen LogP contribution in [0.25, 0.3) is 22.0 Å². The fourth-order valence-electron chi connectivity index (χ4n) is 5.28. The number of aromatic nitrogens is 4. The molecule has 0 radical (unpaired) electrons. The zero-order valence-corrected chi connectivity index (χ0v) is 20.6. The van der Waals surface area contributed by atoms with Gasteiger partial charge in [-0.15, -0.1) is 0 Å². The normalized spacial score (nSPS) is 15.4. The van der Waals surface area contributed by atoms with Crippen molar-refractivity contribution in [1.29, 1.82) is 0 Å². The molecule has 3 heterocycles. The highest BCUT2D eigenvalue weighted by atomic mass is 19.3. The van der Waals surface area contributed by atoms with E-state index in [4.69, 9.17) is 9.59 Å². The van der Waals surface area contributed by atoms with Crippen LogP contribution in [-0.2, 0) is 23.2 Å². The summed E-state index contributed by atoms with van der Waals surface area (Å²) in [5.41, 5.74) is 3.31. The smallest absolute Gasteiger partial charge is 0.387 e. The molecular formula is C27H25F2N5O4. The number of fused-ring (bicyclic) bond motifs is 1. The molecule has 6 rings (SSSR count). The molecule has 1 aliphatic heterocycles. The Labute approximate surface area is 216 Å². The number of halogens is 2. The van der Waals surface area contributed by atoms with Gasteiger partial charge in [0.2, 0.25) is 5.95 Å². The second-order valence-corrected chi connectivity index (χ2v) is 9.67. The number of benzene rings is 2. The molecule has 2 aromatic carbocycles. The van der Waals surface area contributed by atoms with Crippen molar-refractivity contribution in [2.24, 2.45) is 12.5 Å². The van der Waals surface area contributed by atoms with Gasteiger partial charge in [-0.05, 0) is 36.6 Å². The van der Waals surface area contributed by atoms with Crippen LogP contribution in [0.1, 0.15) is 24.8 Å². The zero-order valence-electron chi connectivity index (χ0n) is 20.6. The minimum Gasteiger partial charge on any atom is -0.434 e. The van der Waals surface area contributed by atoms with Gasteiger partial charge in [0, 0.05) is 49.1 Å². The average molecular weight is 522 g/mol. The summed E-state index contributed by atoms with van der Waals surface area (Å²) in [7, 11) is 1.67. The van der Waals surface area contributed by atoms with Gasteiger partial charge >= 0.3 is 12.8 Å². The Morgan fingerprint density at radius 3 is 2.37 bits per heavy atom. The number of alkyl halides is 2. The number of anilines is 1. The van der Waals surface area contributed by atoms with Gasteiger partial charge in [-0.25, -0.2) is 9.97 Å². The molecule has 1 saturated carbocycles. The van der Waals surface area contributed by atoms with Gasteiger partial charge in [0.15, 0.2) is 0 Å². The van der Waals surface area contributed by atoms with Crippen LogP contribution in [0.4, 0.5) is 14.7 Å². The molecule has 1 spiro atoms. The van der Waals surface area contributed by atoms with Crippen LogP contribution in [-0.4, -0.2) is 45.2 Å². The van der Waals surface area contributed by atoms with Crippen molar-refractivity contribution in [3.05, 3.63) is 70.8 Å². The van der Waals surface area contributed by atoms with E-state index >= 15 is 0 Å². The van der Waals surface area contributed by atoms with Gasteiger partial charge in [-0.2, -0.15) is 18.4 Å². The van der Waals surface area contributed by atoms with Gasteiger partial charge in [0.25, 0.3) is 5.56 Å². The first kappa shape index (κ1) is 25.3. The van der Waals surface area contributed by atoms with Gasteiger partial charge in [0.05, 0.1) is 17.4 Å². The molecule has 0 unspecified atom stereocenters. The Morgan fingerprint density at radius 1 is 1.05 bits per heavy atom. The van der Waals surface area contributed by atoms with Crippen LogP contribution in [0.3, 0.4) is 0 Å². The molecule has 4 aromatic rings. The topological polar surface area (TPSA) is 99.3 Å². The summed E-state index contributed by atoms with van der Waals surface area (Å²) < 4.78 is 33.7. The van der Waals surface area contributed by atoms with Crippen LogP contribution in [0.5, 0.6) is 5.75 Å². The Bertz CT molecular complexity index is 1550. The summed E-state index contributed by atoms with van der Waals surface area (Å²) in [6.07, 6.45) is 7.81. The van der Waals surface area contributed by atoms with Crippen LogP contribution >= 0.6 is 0 Å². The van der Waals surface area contributed by atoms with E-state index in [0.717, 1.165) is 30.2 Å². The third kappa shape index (κ3) is 4.68. The third-order valence-corrected chi connectivity index (χ3v) is 7.39. The zero-order chi connectivity index (χ0) is 26.9. The number of ether oxygens (including phenoxy) is 1. The monoisotopic (exact) mass is 521 g/mol. The number of para-hydroxylation sites is 1. The third-order valence-electron chi connectivity index (χ3n) is 7.39. The molecule has 2 fully saturated rings. The maximum absolute atomic E-state index is 12.9. The summed E-state index contributed by atoms with van der Waals surface area (Å²) in [6.45, 7) is -0.656. The maximum Gasteiger partial charge on any atom is 0.387 e. The lowest BCUT2D eigenvalue weighted by Gasteiger charge is -2.55. The van der Waals surface area contributed by atoms with E-state index < -0.39 is 6.61 Å². The first-order chi connectivity index (χ1) is 18.3. The van der Waals surface area contributed by atoms with Crippen LogP contribution in [0.2, 0.25) is 0 Å². The number of carbonyl (C=O) groups excluding carboxylic acids is 2. The van der Waals surface area contributed by atoms with Crippen molar-refractivity contribution in [1.82, 2.24) is 19.3 Å². The van der Waals surface area contributed by atoms with E-state index in [1.807, 2.05) is 24.5 Å². The first-order valence-electron chi connectivity index (χ1n) is 12.1. The van der Waals surface area contributed by atoms with Crippen molar-refractivity contribution in [2.75, 3.05) is 18.0 Å². The lowest BCUT2D eigenvalue weighted by Crippen LogP contribution is -2.60. The summed E-state index contributed by atoms with van der Waals surface area (Å²) in [5.74, 6) is 0.839. The highest BCUT2D eigenvalue weighted by Gasteiger charge is 2.48. The molecule has 38 heavy (non-hydrogen) atoms. The fraction of sp³-hybridized carbons (Fsp3) is 0.333. The Hall–Kier alpha value is -4.37. The Kier molecular flexibility index (Phi) is 6.77. The van der Waals surface area contributed by atoms with Gasteiger partial charge in [-0.3, -0.25) is 14.2 Å².